The fourth-order valence-corrected chi connectivity index (χ4v) is 6.13. The van der Waals surface area contributed by atoms with Crippen LogP contribution in [0.25, 0.3) is 32.0 Å². The van der Waals surface area contributed by atoms with Crippen LogP contribution in [0.1, 0.15) is 42.0 Å². The summed E-state index contributed by atoms with van der Waals surface area (Å²) in [4.78, 5) is 35.3. The quantitative estimate of drug-likeness (QED) is 0.348. The van der Waals surface area contributed by atoms with E-state index in [9.17, 15) is 9.59 Å². The van der Waals surface area contributed by atoms with E-state index in [0.717, 1.165) is 27.4 Å². The molecule has 3 aromatic heterocycles. The molecule has 36 heavy (non-hydrogen) atoms. The Morgan fingerprint density at radius 3 is 2.50 bits per heavy atom. The zero-order chi connectivity index (χ0) is 25.0. The van der Waals surface area contributed by atoms with Gasteiger partial charge < -0.3 is 9.30 Å². The SMILES string of the molecule is COc1cc(-c2sc3[nH]c(=O)n(-c4ccc(C5CCC5)cc4)c(=O)c3c2C)ccc1-n1cnc(C)c1. The molecule has 2 aromatic carbocycles. The molecule has 0 atom stereocenters. The zero-order valence-corrected chi connectivity index (χ0v) is 21.2. The number of imidazole rings is 1. The molecule has 182 valence electrons. The molecule has 0 amide bonds. The van der Waals surface area contributed by atoms with E-state index >= 15 is 0 Å². The van der Waals surface area contributed by atoms with Gasteiger partial charge in [0.15, 0.2) is 0 Å². The van der Waals surface area contributed by atoms with E-state index in [2.05, 4.69) is 9.97 Å². The Morgan fingerprint density at radius 1 is 1.08 bits per heavy atom. The number of methoxy groups -OCH3 is 1. The van der Waals surface area contributed by atoms with Crippen molar-refractivity contribution in [2.75, 3.05) is 7.11 Å². The van der Waals surface area contributed by atoms with Crippen LogP contribution in [-0.2, 0) is 0 Å². The van der Waals surface area contributed by atoms with Gasteiger partial charge in [-0.05, 0) is 73.6 Å². The number of H-pyrrole nitrogens is 1. The Bertz CT molecular complexity index is 1720. The van der Waals surface area contributed by atoms with Gasteiger partial charge in [0, 0.05) is 11.1 Å². The van der Waals surface area contributed by atoms with Crippen LogP contribution in [0, 0.1) is 13.8 Å². The Kier molecular flexibility index (Phi) is 5.41. The molecule has 0 spiro atoms. The fourth-order valence-electron chi connectivity index (χ4n) is 4.95. The predicted molar refractivity (Wildman–Crippen MR) is 143 cm³/mol. The third-order valence-electron chi connectivity index (χ3n) is 7.15. The van der Waals surface area contributed by atoms with Crippen LogP contribution in [0.3, 0.4) is 0 Å². The van der Waals surface area contributed by atoms with Gasteiger partial charge >= 0.3 is 5.69 Å². The zero-order valence-electron chi connectivity index (χ0n) is 20.4. The number of thiophene rings is 1. The molecule has 0 bridgehead atoms. The molecule has 0 aliphatic heterocycles. The topological polar surface area (TPSA) is 81.9 Å². The van der Waals surface area contributed by atoms with Crippen molar-refractivity contribution in [3.8, 4) is 27.6 Å². The highest BCUT2D eigenvalue weighted by atomic mass is 32.1. The molecule has 1 fully saturated rings. The number of nitrogens with zero attached hydrogens (tertiary/aromatic N) is 3. The Hall–Kier alpha value is -3.91. The smallest absolute Gasteiger partial charge is 0.334 e. The molecule has 8 heteroatoms. The van der Waals surface area contributed by atoms with Crippen molar-refractivity contribution < 1.29 is 4.74 Å². The van der Waals surface area contributed by atoms with Crippen molar-refractivity contribution in [2.24, 2.45) is 0 Å². The van der Waals surface area contributed by atoms with Gasteiger partial charge in [0.2, 0.25) is 0 Å². The second kappa shape index (κ2) is 8.64. The summed E-state index contributed by atoms with van der Waals surface area (Å²) in [7, 11) is 1.64. The van der Waals surface area contributed by atoms with Crippen molar-refractivity contribution in [3.63, 3.8) is 0 Å². The minimum atomic E-state index is -0.430. The largest absolute Gasteiger partial charge is 0.495 e. The highest BCUT2D eigenvalue weighted by Gasteiger charge is 2.21. The first-order chi connectivity index (χ1) is 17.4. The van der Waals surface area contributed by atoms with Crippen LogP contribution in [0.4, 0.5) is 0 Å². The van der Waals surface area contributed by atoms with Gasteiger partial charge in [-0.25, -0.2) is 14.3 Å². The van der Waals surface area contributed by atoms with Crippen molar-refractivity contribution in [1.82, 2.24) is 19.1 Å². The number of rotatable bonds is 5. The number of fused-ring (bicyclic) bond motifs is 1. The van der Waals surface area contributed by atoms with Crippen molar-refractivity contribution in [3.05, 3.63) is 92.6 Å². The standard InChI is InChI=1S/C28H26N4O3S/c1-16-14-31(15-29-16)22-12-9-20(13-23(22)35-3)25-17(2)24-26(36-25)30-28(34)32(27(24)33)21-10-7-19(8-11-21)18-5-4-6-18/h7-15,18H,4-6H2,1-3H3,(H,30,34). The normalized spacial score (nSPS) is 13.8. The molecule has 1 N–H and O–H groups in total. The van der Waals surface area contributed by atoms with Crippen LogP contribution >= 0.6 is 11.3 Å². The Morgan fingerprint density at radius 2 is 1.86 bits per heavy atom. The highest BCUT2D eigenvalue weighted by molar-refractivity contribution is 7.22. The first-order valence-electron chi connectivity index (χ1n) is 12.0. The van der Waals surface area contributed by atoms with Gasteiger partial charge in [-0.3, -0.25) is 9.78 Å². The number of hydrogen-bond donors (Lipinski definition) is 1. The van der Waals surface area contributed by atoms with E-state index in [1.807, 2.05) is 67.1 Å². The van der Waals surface area contributed by atoms with Crippen LogP contribution in [0.15, 0.2) is 64.6 Å². The summed E-state index contributed by atoms with van der Waals surface area (Å²) in [6.45, 7) is 3.87. The molecule has 0 radical (unpaired) electrons. The Balaban J connectivity index is 1.44. The average Bonchev–Trinajstić information content (AvgIpc) is 3.41. The van der Waals surface area contributed by atoms with E-state index in [4.69, 9.17) is 4.74 Å². The van der Waals surface area contributed by atoms with Crippen LogP contribution in [-0.4, -0.2) is 26.2 Å². The molecule has 1 aliphatic rings. The molecule has 0 saturated heterocycles. The van der Waals surface area contributed by atoms with Gasteiger partial charge in [-0.15, -0.1) is 11.3 Å². The molecule has 1 saturated carbocycles. The van der Waals surface area contributed by atoms with Gasteiger partial charge in [-0.2, -0.15) is 0 Å². The van der Waals surface area contributed by atoms with Crippen LogP contribution < -0.4 is 16.0 Å². The van der Waals surface area contributed by atoms with Crippen molar-refractivity contribution in [1.29, 1.82) is 0 Å². The van der Waals surface area contributed by atoms with E-state index in [1.165, 1.54) is 40.7 Å². The average molecular weight is 499 g/mol. The second-order valence-corrected chi connectivity index (χ2v) is 10.4. The van der Waals surface area contributed by atoms with E-state index < -0.39 is 5.69 Å². The summed E-state index contributed by atoms with van der Waals surface area (Å²) in [6, 6.07) is 13.8. The van der Waals surface area contributed by atoms with Gasteiger partial charge in [0.25, 0.3) is 5.56 Å². The van der Waals surface area contributed by atoms with E-state index in [-0.39, 0.29) is 5.56 Å². The molecule has 7 nitrogen and oxygen atoms in total. The number of aromatic amines is 1. The lowest BCUT2D eigenvalue weighted by Crippen LogP contribution is -2.33. The summed E-state index contributed by atoms with van der Waals surface area (Å²) in [5, 5.41) is 0.533. The van der Waals surface area contributed by atoms with Crippen molar-refractivity contribution in [2.45, 2.75) is 39.0 Å². The number of hydrogen-bond acceptors (Lipinski definition) is 5. The van der Waals surface area contributed by atoms with Gasteiger partial charge in [0.1, 0.15) is 10.6 Å². The first kappa shape index (κ1) is 22.5. The summed E-state index contributed by atoms with van der Waals surface area (Å²) in [5.41, 5.74) is 4.67. The van der Waals surface area contributed by atoms with Gasteiger partial charge in [0.05, 0.1) is 35.9 Å². The van der Waals surface area contributed by atoms with E-state index in [0.29, 0.717) is 27.6 Å². The molecular weight excluding hydrogens is 472 g/mol. The highest BCUT2D eigenvalue weighted by Crippen LogP contribution is 2.39. The summed E-state index contributed by atoms with van der Waals surface area (Å²) in [6.07, 6.45) is 7.37. The predicted octanol–water partition coefficient (Wildman–Crippen LogP) is 5.49. The third-order valence-corrected chi connectivity index (χ3v) is 8.40. The summed E-state index contributed by atoms with van der Waals surface area (Å²) in [5.74, 6) is 1.29. The lowest BCUT2D eigenvalue weighted by Gasteiger charge is -2.25. The maximum atomic E-state index is 13.6. The molecular formula is C28H26N4O3S. The Labute approximate surface area is 211 Å². The third kappa shape index (κ3) is 3.60. The summed E-state index contributed by atoms with van der Waals surface area (Å²) >= 11 is 1.41. The van der Waals surface area contributed by atoms with Crippen LogP contribution in [0.5, 0.6) is 5.75 Å². The molecule has 1 aliphatic carbocycles. The minimum absolute atomic E-state index is 0.303. The maximum absolute atomic E-state index is 13.6. The molecule has 3 heterocycles. The maximum Gasteiger partial charge on any atom is 0.334 e. The molecule has 0 unspecified atom stereocenters. The lowest BCUT2D eigenvalue weighted by atomic mass is 9.80. The number of ether oxygens (including phenoxy) is 1. The monoisotopic (exact) mass is 498 g/mol. The molecule has 6 rings (SSSR count). The van der Waals surface area contributed by atoms with E-state index in [1.54, 1.807) is 13.4 Å². The second-order valence-electron chi connectivity index (χ2n) is 9.36. The van der Waals surface area contributed by atoms with Crippen LogP contribution in [0.2, 0.25) is 0 Å². The number of aromatic nitrogens is 4. The van der Waals surface area contributed by atoms with Crippen molar-refractivity contribution >= 4 is 21.6 Å². The minimum Gasteiger partial charge on any atom is -0.495 e. The number of nitrogens with one attached hydrogen (secondary N) is 1. The number of aryl methyl sites for hydroxylation is 2. The summed E-state index contributed by atoms with van der Waals surface area (Å²) < 4.78 is 8.83. The lowest BCUT2D eigenvalue weighted by molar-refractivity contribution is 0.413. The molecule has 5 aromatic rings. The first-order valence-corrected chi connectivity index (χ1v) is 12.8. The fraction of sp³-hybridized carbons (Fsp3) is 0.250. The number of benzene rings is 2. The van der Waals surface area contributed by atoms with Gasteiger partial charge in [-0.1, -0.05) is 24.6 Å².